The minimum Gasteiger partial charge on any atom is -0.342 e. The lowest BCUT2D eigenvalue weighted by atomic mass is 9.95. The standard InChI is InChI=1S/C19H25FN2O2/c1-13(14-7-9-17(20)10-8-14)21(2)18(23)16-4-3-11-22(12-16)19(24)15-5-6-15/h7-10,13,15-16H,3-6,11-12H2,1-2H3/t13-,16-/m1/s1. The Morgan fingerprint density at radius 1 is 1.17 bits per heavy atom. The third kappa shape index (κ3) is 3.60. The fourth-order valence-electron chi connectivity index (χ4n) is 3.41. The fourth-order valence-corrected chi connectivity index (χ4v) is 3.41. The van der Waals surface area contributed by atoms with Gasteiger partial charge in [-0.1, -0.05) is 12.1 Å². The molecule has 1 heterocycles. The van der Waals surface area contributed by atoms with Crippen molar-refractivity contribution in [2.45, 2.75) is 38.6 Å². The number of hydrogen-bond acceptors (Lipinski definition) is 2. The molecule has 0 spiro atoms. The molecule has 1 aliphatic heterocycles. The highest BCUT2D eigenvalue weighted by atomic mass is 19.1. The van der Waals surface area contributed by atoms with E-state index >= 15 is 0 Å². The van der Waals surface area contributed by atoms with E-state index in [1.807, 2.05) is 11.8 Å². The zero-order valence-electron chi connectivity index (χ0n) is 14.4. The number of likely N-dealkylation sites (tertiary alicyclic amines) is 1. The van der Waals surface area contributed by atoms with Crippen molar-refractivity contribution in [3.63, 3.8) is 0 Å². The number of carbonyl (C=O) groups excluding carboxylic acids is 2. The maximum absolute atomic E-state index is 13.1. The van der Waals surface area contributed by atoms with Crippen LogP contribution < -0.4 is 0 Å². The number of nitrogens with zero attached hydrogens (tertiary/aromatic N) is 2. The van der Waals surface area contributed by atoms with Gasteiger partial charge in [-0.25, -0.2) is 4.39 Å². The van der Waals surface area contributed by atoms with E-state index in [4.69, 9.17) is 0 Å². The Morgan fingerprint density at radius 2 is 1.83 bits per heavy atom. The van der Waals surface area contributed by atoms with E-state index in [2.05, 4.69) is 0 Å². The van der Waals surface area contributed by atoms with Crippen LogP contribution in [0.5, 0.6) is 0 Å². The number of halogens is 1. The molecule has 5 heteroatoms. The van der Waals surface area contributed by atoms with Crippen LogP contribution in [-0.4, -0.2) is 41.8 Å². The summed E-state index contributed by atoms with van der Waals surface area (Å²) in [6.07, 6.45) is 3.70. The summed E-state index contributed by atoms with van der Waals surface area (Å²) in [5, 5.41) is 0. The average Bonchev–Trinajstić information content (AvgIpc) is 3.45. The van der Waals surface area contributed by atoms with E-state index in [1.165, 1.54) is 12.1 Å². The summed E-state index contributed by atoms with van der Waals surface area (Å²) in [6.45, 7) is 3.26. The van der Waals surface area contributed by atoms with Gasteiger partial charge in [-0.15, -0.1) is 0 Å². The largest absolute Gasteiger partial charge is 0.342 e. The molecule has 2 amide bonds. The van der Waals surface area contributed by atoms with Crippen molar-refractivity contribution in [1.82, 2.24) is 9.80 Å². The number of piperidine rings is 1. The van der Waals surface area contributed by atoms with Crippen LogP contribution in [0, 0.1) is 17.7 Å². The minimum absolute atomic E-state index is 0.0696. The van der Waals surface area contributed by atoms with Crippen molar-refractivity contribution in [2.24, 2.45) is 11.8 Å². The highest BCUT2D eigenvalue weighted by Gasteiger charge is 2.37. The normalized spacial score (nSPS) is 22.1. The van der Waals surface area contributed by atoms with E-state index in [9.17, 15) is 14.0 Å². The predicted octanol–water partition coefficient (Wildman–Crippen LogP) is 2.99. The molecule has 3 rings (SSSR count). The molecule has 130 valence electrons. The highest BCUT2D eigenvalue weighted by Crippen LogP contribution is 2.33. The molecule has 0 N–H and O–H groups in total. The number of benzene rings is 1. The molecule has 24 heavy (non-hydrogen) atoms. The molecule has 0 radical (unpaired) electrons. The fraction of sp³-hybridized carbons (Fsp3) is 0.579. The molecule has 1 aromatic carbocycles. The number of amides is 2. The summed E-state index contributed by atoms with van der Waals surface area (Å²) < 4.78 is 13.1. The smallest absolute Gasteiger partial charge is 0.227 e. The summed E-state index contributed by atoms with van der Waals surface area (Å²) in [7, 11) is 1.79. The molecule has 2 aliphatic rings. The topological polar surface area (TPSA) is 40.6 Å². The minimum atomic E-state index is -0.276. The molecule has 2 fully saturated rings. The second kappa shape index (κ2) is 6.91. The van der Waals surface area contributed by atoms with Gasteiger partial charge >= 0.3 is 0 Å². The lowest BCUT2D eigenvalue weighted by molar-refractivity contribution is -0.141. The maximum Gasteiger partial charge on any atom is 0.227 e. The van der Waals surface area contributed by atoms with Crippen LogP contribution in [0.15, 0.2) is 24.3 Å². The first-order valence-electron chi connectivity index (χ1n) is 8.78. The highest BCUT2D eigenvalue weighted by molar-refractivity contribution is 5.83. The van der Waals surface area contributed by atoms with Crippen LogP contribution in [-0.2, 0) is 9.59 Å². The van der Waals surface area contributed by atoms with Gasteiger partial charge in [0.25, 0.3) is 0 Å². The third-order valence-corrected chi connectivity index (χ3v) is 5.29. The Hall–Kier alpha value is -1.91. The van der Waals surface area contributed by atoms with Gasteiger partial charge in [0.05, 0.1) is 12.0 Å². The van der Waals surface area contributed by atoms with Crippen LogP contribution >= 0.6 is 0 Å². The van der Waals surface area contributed by atoms with Gasteiger partial charge in [-0.05, 0) is 50.3 Å². The van der Waals surface area contributed by atoms with Crippen LogP contribution in [0.2, 0.25) is 0 Å². The number of hydrogen-bond donors (Lipinski definition) is 0. The van der Waals surface area contributed by atoms with Gasteiger partial charge < -0.3 is 9.80 Å². The van der Waals surface area contributed by atoms with Gasteiger partial charge in [0.1, 0.15) is 5.82 Å². The van der Waals surface area contributed by atoms with E-state index in [0.29, 0.717) is 6.54 Å². The summed E-state index contributed by atoms with van der Waals surface area (Å²) in [5.74, 6) is 0.0902. The van der Waals surface area contributed by atoms with Crippen molar-refractivity contribution in [3.05, 3.63) is 35.6 Å². The molecule has 0 bridgehead atoms. The van der Waals surface area contributed by atoms with Crippen LogP contribution in [0.1, 0.15) is 44.2 Å². The van der Waals surface area contributed by atoms with Crippen molar-refractivity contribution in [1.29, 1.82) is 0 Å². The van der Waals surface area contributed by atoms with Gasteiger partial charge in [0.2, 0.25) is 11.8 Å². The Bertz CT molecular complexity index is 612. The first-order valence-corrected chi connectivity index (χ1v) is 8.78. The van der Waals surface area contributed by atoms with Crippen LogP contribution in [0.4, 0.5) is 4.39 Å². The predicted molar refractivity (Wildman–Crippen MR) is 89.6 cm³/mol. The molecule has 0 unspecified atom stereocenters. The van der Waals surface area contributed by atoms with E-state index in [0.717, 1.165) is 37.8 Å². The van der Waals surface area contributed by atoms with Gasteiger partial charge in [0.15, 0.2) is 0 Å². The van der Waals surface area contributed by atoms with Crippen molar-refractivity contribution < 1.29 is 14.0 Å². The average molecular weight is 332 g/mol. The van der Waals surface area contributed by atoms with Crippen molar-refractivity contribution >= 4 is 11.8 Å². The molecule has 4 nitrogen and oxygen atoms in total. The van der Waals surface area contributed by atoms with Gasteiger partial charge in [-0.2, -0.15) is 0 Å². The first-order chi connectivity index (χ1) is 11.5. The quantitative estimate of drug-likeness (QED) is 0.850. The molecule has 1 saturated heterocycles. The maximum atomic E-state index is 13.1. The van der Waals surface area contributed by atoms with E-state index in [1.54, 1.807) is 24.1 Å². The molecule has 1 saturated carbocycles. The molecule has 1 aromatic rings. The molecule has 1 aliphatic carbocycles. The Morgan fingerprint density at radius 3 is 2.46 bits per heavy atom. The van der Waals surface area contributed by atoms with E-state index < -0.39 is 0 Å². The van der Waals surface area contributed by atoms with E-state index in [-0.39, 0.29) is 35.5 Å². The molecular formula is C19H25FN2O2. The number of rotatable bonds is 4. The molecular weight excluding hydrogens is 307 g/mol. The summed E-state index contributed by atoms with van der Waals surface area (Å²) >= 11 is 0. The number of carbonyl (C=O) groups is 2. The van der Waals surface area contributed by atoms with Crippen LogP contribution in [0.25, 0.3) is 0 Å². The van der Waals surface area contributed by atoms with Gasteiger partial charge in [0, 0.05) is 26.1 Å². The monoisotopic (exact) mass is 332 g/mol. The second-order valence-electron chi connectivity index (χ2n) is 7.07. The van der Waals surface area contributed by atoms with Gasteiger partial charge in [-0.3, -0.25) is 9.59 Å². The SMILES string of the molecule is C[C@H](c1ccc(F)cc1)N(C)C(=O)[C@@H]1CCCN(C(=O)C2CC2)C1. The van der Waals surface area contributed by atoms with Crippen molar-refractivity contribution in [2.75, 3.05) is 20.1 Å². The molecule has 0 aromatic heterocycles. The Balaban J connectivity index is 1.63. The Labute approximate surface area is 142 Å². The zero-order valence-corrected chi connectivity index (χ0v) is 14.4. The summed E-state index contributed by atoms with van der Waals surface area (Å²) in [4.78, 5) is 28.7. The van der Waals surface area contributed by atoms with Crippen LogP contribution in [0.3, 0.4) is 0 Å². The van der Waals surface area contributed by atoms with Crippen molar-refractivity contribution in [3.8, 4) is 0 Å². The summed E-state index contributed by atoms with van der Waals surface area (Å²) in [5.41, 5.74) is 0.911. The summed E-state index contributed by atoms with van der Waals surface area (Å²) in [6, 6.07) is 6.15. The Kier molecular flexibility index (Phi) is 4.88. The zero-order chi connectivity index (χ0) is 17.3. The second-order valence-corrected chi connectivity index (χ2v) is 7.07. The lowest BCUT2D eigenvalue weighted by Gasteiger charge is -2.36. The third-order valence-electron chi connectivity index (χ3n) is 5.29. The first kappa shape index (κ1) is 16.9. The molecule has 2 atom stereocenters. The lowest BCUT2D eigenvalue weighted by Crippen LogP contribution is -2.46.